The Balaban J connectivity index is 1.81. The third-order valence-electron chi connectivity index (χ3n) is 4.11. The number of carbonyl (C=O) groups is 2. The van der Waals surface area contributed by atoms with E-state index in [2.05, 4.69) is 11.6 Å². The van der Waals surface area contributed by atoms with Gasteiger partial charge in [0.1, 0.15) is 0 Å². The molecular weight excluding hydrogens is 268 g/mol. The molecule has 0 spiro atoms. The van der Waals surface area contributed by atoms with E-state index in [1.54, 1.807) is 0 Å². The largest absolute Gasteiger partial charge is 0.282 e. The lowest BCUT2D eigenvalue weighted by Gasteiger charge is -2.16. The number of rotatable bonds is 7. The lowest BCUT2D eigenvalue weighted by molar-refractivity contribution is -0.137. The molecule has 1 aliphatic carbocycles. The fourth-order valence-electron chi connectivity index (χ4n) is 2.25. The van der Waals surface area contributed by atoms with E-state index < -0.39 is 10.0 Å². The first-order chi connectivity index (χ1) is 8.87. The molecule has 108 valence electrons. The van der Waals surface area contributed by atoms with Crippen LogP contribution in [-0.4, -0.2) is 44.0 Å². The van der Waals surface area contributed by atoms with E-state index in [0.29, 0.717) is 6.54 Å². The SMILES string of the molecule is CCC1(CNS(=O)(=O)CCN2C(=O)CCC2=O)CC1. The van der Waals surface area contributed by atoms with Crippen LogP contribution in [0.15, 0.2) is 0 Å². The highest BCUT2D eigenvalue weighted by Gasteiger charge is 2.41. The Hall–Kier alpha value is -0.950. The van der Waals surface area contributed by atoms with Gasteiger partial charge in [0, 0.05) is 25.9 Å². The molecule has 19 heavy (non-hydrogen) atoms. The number of nitrogens with one attached hydrogen (secondary N) is 1. The van der Waals surface area contributed by atoms with E-state index in [1.165, 1.54) is 0 Å². The maximum absolute atomic E-state index is 11.8. The number of likely N-dealkylation sites (tertiary alicyclic amines) is 1. The van der Waals surface area contributed by atoms with Crippen molar-refractivity contribution in [2.75, 3.05) is 18.8 Å². The summed E-state index contributed by atoms with van der Waals surface area (Å²) in [7, 11) is -3.42. The highest BCUT2D eigenvalue weighted by atomic mass is 32.2. The van der Waals surface area contributed by atoms with Gasteiger partial charge in [0.25, 0.3) is 0 Å². The summed E-state index contributed by atoms with van der Waals surface area (Å²) in [5, 5.41) is 0. The van der Waals surface area contributed by atoms with Gasteiger partial charge in [-0.2, -0.15) is 0 Å². The van der Waals surface area contributed by atoms with E-state index in [-0.39, 0.29) is 42.4 Å². The molecule has 2 fully saturated rings. The fraction of sp³-hybridized carbons (Fsp3) is 0.833. The van der Waals surface area contributed by atoms with Crippen LogP contribution in [-0.2, 0) is 19.6 Å². The molecule has 2 rings (SSSR count). The van der Waals surface area contributed by atoms with Crippen LogP contribution in [0.3, 0.4) is 0 Å². The van der Waals surface area contributed by atoms with Gasteiger partial charge in [-0.25, -0.2) is 13.1 Å². The Kier molecular flexibility index (Phi) is 3.96. The average Bonchev–Trinajstić information content (AvgIpc) is 3.08. The summed E-state index contributed by atoms with van der Waals surface area (Å²) in [5.74, 6) is -0.746. The zero-order chi connectivity index (χ0) is 14.1. The standard InChI is InChI=1S/C12H20N2O4S/c1-2-12(5-6-12)9-13-19(17,18)8-7-14-10(15)3-4-11(14)16/h13H,2-9H2,1H3. The first kappa shape index (κ1) is 14.5. The summed E-state index contributed by atoms with van der Waals surface area (Å²) in [6.07, 6.45) is 3.50. The quantitative estimate of drug-likeness (QED) is 0.680. The summed E-state index contributed by atoms with van der Waals surface area (Å²) in [6, 6.07) is 0. The van der Waals surface area contributed by atoms with E-state index in [4.69, 9.17) is 0 Å². The maximum atomic E-state index is 11.8. The van der Waals surface area contributed by atoms with E-state index in [9.17, 15) is 18.0 Å². The van der Waals surface area contributed by atoms with Crippen LogP contribution < -0.4 is 4.72 Å². The number of carbonyl (C=O) groups excluding carboxylic acids is 2. The summed E-state index contributed by atoms with van der Waals surface area (Å²) in [4.78, 5) is 23.8. The molecule has 1 saturated carbocycles. The Labute approximate surface area is 113 Å². The predicted molar refractivity (Wildman–Crippen MR) is 69.7 cm³/mol. The van der Waals surface area contributed by atoms with Gasteiger partial charge < -0.3 is 0 Å². The molecule has 7 heteroatoms. The van der Waals surface area contributed by atoms with Crippen molar-refractivity contribution >= 4 is 21.8 Å². The number of imide groups is 1. The highest BCUT2D eigenvalue weighted by molar-refractivity contribution is 7.89. The van der Waals surface area contributed by atoms with Crippen molar-refractivity contribution in [1.29, 1.82) is 0 Å². The number of nitrogens with zero attached hydrogens (tertiary/aromatic N) is 1. The van der Waals surface area contributed by atoms with E-state index in [0.717, 1.165) is 24.2 Å². The van der Waals surface area contributed by atoms with Crippen LogP contribution >= 0.6 is 0 Å². The van der Waals surface area contributed by atoms with Gasteiger partial charge in [0.05, 0.1) is 5.75 Å². The minimum Gasteiger partial charge on any atom is -0.282 e. The third-order valence-corrected chi connectivity index (χ3v) is 5.42. The first-order valence-electron chi connectivity index (χ1n) is 6.68. The molecule has 0 atom stereocenters. The lowest BCUT2D eigenvalue weighted by Crippen LogP contribution is -2.38. The molecule has 0 aromatic rings. The maximum Gasteiger partial charge on any atom is 0.229 e. The third kappa shape index (κ3) is 3.54. The molecule has 0 aromatic heterocycles. The van der Waals surface area contributed by atoms with Crippen LogP contribution in [0.2, 0.25) is 0 Å². The molecule has 2 aliphatic rings. The number of sulfonamides is 1. The van der Waals surface area contributed by atoms with Crippen LogP contribution in [0.4, 0.5) is 0 Å². The predicted octanol–water partition coefficient (Wildman–Crippen LogP) is 0.245. The summed E-state index contributed by atoms with van der Waals surface area (Å²) in [6.45, 7) is 2.49. The smallest absolute Gasteiger partial charge is 0.229 e. The van der Waals surface area contributed by atoms with Crippen LogP contribution in [0, 0.1) is 5.41 Å². The van der Waals surface area contributed by atoms with Crippen molar-refractivity contribution < 1.29 is 18.0 Å². The van der Waals surface area contributed by atoms with Gasteiger partial charge in [-0.1, -0.05) is 6.92 Å². The molecule has 0 aromatic carbocycles. The van der Waals surface area contributed by atoms with Gasteiger partial charge in [-0.3, -0.25) is 14.5 Å². The minimum absolute atomic E-state index is 0.0356. The zero-order valence-electron chi connectivity index (χ0n) is 11.1. The van der Waals surface area contributed by atoms with Gasteiger partial charge in [0.15, 0.2) is 0 Å². The number of hydrogen-bond acceptors (Lipinski definition) is 4. The van der Waals surface area contributed by atoms with Crippen molar-refractivity contribution in [3.05, 3.63) is 0 Å². The summed E-state index contributed by atoms with van der Waals surface area (Å²) < 4.78 is 26.3. The fourth-order valence-corrected chi connectivity index (χ4v) is 3.34. The second-order valence-corrected chi connectivity index (χ2v) is 7.36. The molecule has 0 radical (unpaired) electrons. The Morgan fingerprint density at radius 3 is 2.26 bits per heavy atom. The Morgan fingerprint density at radius 2 is 1.79 bits per heavy atom. The summed E-state index contributed by atoms with van der Waals surface area (Å²) >= 11 is 0. The van der Waals surface area contributed by atoms with Crippen molar-refractivity contribution in [3.63, 3.8) is 0 Å². The van der Waals surface area contributed by atoms with Crippen molar-refractivity contribution in [2.45, 2.75) is 39.0 Å². The second-order valence-electron chi connectivity index (χ2n) is 5.43. The Morgan fingerprint density at radius 1 is 1.21 bits per heavy atom. The highest BCUT2D eigenvalue weighted by Crippen LogP contribution is 2.47. The first-order valence-corrected chi connectivity index (χ1v) is 8.33. The average molecular weight is 288 g/mol. The second kappa shape index (κ2) is 5.20. The number of amides is 2. The molecule has 1 aliphatic heterocycles. The van der Waals surface area contributed by atoms with Crippen molar-refractivity contribution in [2.24, 2.45) is 5.41 Å². The van der Waals surface area contributed by atoms with Crippen LogP contribution in [0.5, 0.6) is 0 Å². The minimum atomic E-state index is -3.42. The molecule has 1 heterocycles. The van der Waals surface area contributed by atoms with Gasteiger partial charge in [-0.05, 0) is 24.7 Å². The Bertz CT molecular complexity index is 466. The molecule has 0 bridgehead atoms. The molecular formula is C12H20N2O4S. The number of hydrogen-bond donors (Lipinski definition) is 1. The van der Waals surface area contributed by atoms with Gasteiger partial charge >= 0.3 is 0 Å². The van der Waals surface area contributed by atoms with Crippen molar-refractivity contribution in [1.82, 2.24) is 9.62 Å². The topological polar surface area (TPSA) is 83.6 Å². The molecule has 1 N–H and O–H groups in total. The monoisotopic (exact) mass is 288 g/mol. The zero-order valence-corrected chi connectivity index (χ0v) is 12.0. The van der Waals surface area contributed by atoms with E-state index >= 15 is 0 Å². The normalized spacial score (nSPS) is 22.1. The molecule has 6 nitrogen and oxygen atoms in total. The van der Waals surface area contributed by atoms with E-state index in [1.807, 2.05) is 0 Å². The van der Waals surface area contributed by atoms with Gasteiger partial charge in [0.2, 0.25) is 21.8 Å². The van der Waals surface area contributed by atoms with Gasteiger partial charge in [-0.15, -0.1) is 0 Å². The lowest BCUT2D eigenvalue weighted by atomic mass is 10.1. The molecule has 1 saturated heterocycles. The summed E-state index contributed by atoms with van der Waals surface area (Å²) in [5.41, 5.74) is 0.145. The van der Waals surface area contributed by atoms with Crippen molar-refractivity contribution in [3.8, 4) is 0 Å². The molecule has 0 unspecified atom stereocenters. The van der Waals surface area contributed by atoms with Crippen LogP contribution in [0.1, 0.15) is 39.0 Å². The molecule has 2 amide bonds. The van der Waals surface area contributed by atoms with Crippen LogP contribution in [0.25, 0.3) is 0 Å².